The summed E-state index contributed by atoms with van der Waals surface area (Å²) in [7, 11) is 0. The predicted octanol–water partition coefficient (Wildman–Crippen LogP) is 2.42. The molecule has 1 nitrogen and oxygen atoms in total. The second-order valence-electron chi connectivity index (χ2n) is 2.87. The lowest BCUT2D eigenvalue weighted by Gasteiger charge is -1.90. The van der Waals surface area contributed by atoms with E-state index in [-0.39, 0.29) is 0 Å². The van der Waals surface area contributed by atoms with Crippen molar-refractivity contribution >= 4 is 22.6 Å². The van der Waals surface area contributed by atoms with Crippen molar-refractivity contribution in [3.05, 3.63) is 20.5 Å². The van der Waals surface area contributed by atoms with Gasteiger partial charge in [0.1, 0.15) is 0 Å². The van der Waals surface area contributed by atoms with Gasteiger partial charge in [-0.25, -0.2) is 0 Å². The van der Waals surface area contributed by atoms with Gasteiger partial charge in [-0.2, -0.15) is 0 Å². The fourth-order valence-corrected chi connectivity index (χ4v) is 2.31. The van der Waals surface area contributed by atoms with Crippen LogP contribution in [0.3, 0.4) is 0 Å². The minimum Gasteiger partial charge on any atom is -0.353 e. The molecule has 2 rings (SSSR count). The van der Waals surface area contributed by atoms with Crippen molar-refractivity contribution in [2.24, 2.45) is 0 Å². The van der Waals surface area contributed by atoms with Gasteiger partial charge in [0.25, 0.3) is 0 Å². The number of fused-ring (bicyclic) bond motifs is 1. The molecule has 0 amide bonds. The zero-order valence-corrected chi connectivity index (χ0v) is 8.16. The Hall–Kier alpha value is 0.01000. The first-order valence-electron chi connectivity index (χ1n) is 3.65. The molecule has 10 heavy (non-hydrogen) atoms. The molecular weight excluding hydrogens is 237 g/mol. The molecule has 0 radical (unpaired) electrons. The Bertz CT molecular complexity index is 262. The lowest BCUT2D eigenvalue weighted by Crippen LogP contribution is -1.80. The largest absolute Gasteiger partial charge is 0.353 e. The minimum atomic E-state index is 1.26. The summed E-state index contributed by atoms with van der Waals surface area (Å²) in [6, 6.07) is 0. The number of hydrogen-bond acceptors (Lipinski definition) is 0. The van der Waals surface area contributed by atoms with E-state index in [1.54, 1.807) is 5.56 Å². The lowest BCUT2D eigenvalue weighted by molar-refractivity contribution is 0.885. The van der Waals surface area contributed by atoms with Gasteiger partial charge in [0.2, 0.25) is 0 Å². The third-order valence-corrected chi connectivity index (χ3v) is 3.34. The molecule has 0 unspecified atom stereocenters. The maximum atomic E-state index is 3.41. The highest BCUT2D eigenvalue weighted by Gasteiger charge is 2.16. The standard InChI is InChI=1S/C8H10IN/c1-5-6-3-2-4-7(6)10-8(5)9/h10H,2-4H2,1H3. The zero-order chi connectivity index (χ0) is 7.14. The fraction of sp³-hybridized carbons (Fsp3) is 0.500. The van der Waals surface area contributed by atoms with E-state index in [1.165, 1.54) is 34.2 Å². The highest BCUT2D eigenvalue weighted by atomic mass is 127. The molecule has 0 spiro atoms. The van der Waals surface area contributed by atoms with E-state index >= 15 is 0 Å². The van der Waals surface area contributed by atoms with E-state index in [0.29, 0.717) is 0 Å². The molecule has 0 fully saturated rings. The molecule has 1 aliphatic carbocycles. The fourth-order valence-electron chi connectivity index (χ4n) is 1.65. The summed E-state index contributed by atoms with van der Waals surface area (Å²) in [5.41, 5.74) is 4.56. The summed E-state index contributed by atoms with van der Waals surface area (Å²) < 4.78 is 1.34. The van der Waals surface area contributed by atoms with E-state index in [2.05, 4.69) is 34.5 Å². The van der Waals surface area contributed by atoms with Crippen LogP contribution in [0.15, 0.2) is 0 Å². The lowest BCUT2D eigenvalue weighted by atomic mass is 10.2. The molecule has 0 saturated carbocycles. The quantitative estimate of drug-likeness (QED) is 0.677. The maximum absolute atomic E-state index is 3.41. The van der Waals surface area contributed by atoms with E-state index in [4.69, 9.17) is 0 Å². The Morgan fingerprint density at radius 1 is 1.40 bits per heavy atom. The van der Waals surface area contributed by atoms with Crippen molar-refractivity contribution in [1.82, 2.24) is 4.98 Å². The first-order chi connectivity index (χ1) is 4.79. The van der Waals surface area contributed by atoms with Crippen LogP contribution in [0.4, 0.5) is 0 Å². The molecular formula is C8H10IN. The summed E-state index contributed by atoms with van der Waals surface area (Å²) >= 11 is 2.37. The van der Waals surface area contributed by atoms with Crippen LogP contribution in [0.25, 0.3) is 0 Å². The first kappa shape index (κ1) is 6.70. The molecule has 0 aromatic carbocycles. The molecule has 1 aromatic heterocycles. The Balaban J connectivity index is 2.59. The van der Waals surface area contributed by atoms with Crippen molar-refractivity contribution in [3.8, 4) is 0 Å². The van der Waals surface area contributed by atoms with Gasteiger partial charge in [0.15, 0.2) is 0 Å². The SMILES string of the molecule is Cc1c(I)[nH]c2c1CCC2. The highest BCUT2D eigenvalue weighted by Crippen LogP contribution is 2.27. The second-order valence-corrected chi connectivity index (χ2v) is 3.95. The van der Waals surface area contributed by atoms with Gasteiger partial charge >= 0.3 is 0 Å². The van der Waals surface area contributed by atoms with Crippen LogP contribution in [0, 0.1) is 10.6 Å². The molecule has 0 aliphatic heterocycles. The van der Waals surface area contributed by atoms with E-state index in [1.807, 2.05) is 0 Å². The second kappa shape index (κ2) is 2.26. The third-order valence-electron chi connectivity index (χ3n) is 2.26. The number of halogens is 1. The van der Waals surface area contributed by atoms with E-state index < -0.39 is 0 Å². The van der Waals surface area contributed by atoms with Crippen LogP contribution in [-0.2, 0) is 12.8 Å². The molecule has 1 heterocycles. The average Bonchev–Trinajstić information content (AvgIpc) is 2.41. The summed E-state index contributed by atoms with van der Waals surface area (Å²) in [5, 5.41) is 0. The topological polar surface area (TPSA) is 15.8 Å². The van der Waals surface area contributed by atoms with Crippen LogP contribution >= 0.6 is 22.6 Å². The maximum Gasteiger partial charge on any atom is 0.0806 e. The van der Waals surface area contributed by atoms with E-state index in [9.17, 15) is 0 Å². The van der Waals surface area contributed by atoms with Crippen LogP contribution in [0.1, 0.15) is 23.2 Å². The molecule has 0 saturated heterocycles. The molecule has 1 aromatic rings. The Morgan fingerprint density at radius 2 is 2.20 bits per heavy atom. The summed E-state index contributed by atoms with van der Waals surface area (Å²) in [5.74, 6) is 0. The van der Waals surface area contributed by atoms with Gasteiger partial charge in [0.05, 0.1) is 3.70 Å². The number of aromatic nitrogens is 1. The van der Waals surface area contributed by atoms with Crippen LogP contribution < -0.4 is 0 Å². The van der Waals surface area contributed by atoms with Crippen LogP contribution in [0.2, 0.25) is 0 Å². The molecule has 54 valence electrons. The summed E-state index contributed by atoms with van der Waals surface area (Å²) in [6.45, 7) is 2.21. The molecule has 1 N–H and O–H groups in total. The van der Waals surface area contributed by atoms with Gasteiger partial charge in [-0.1, -0.05) is 0 Å². The molecule has 2 heteroatoms. The molecule has 0 bridgehead atoms. The predicted molar refractivity (Wildman–Crippen MR) is 50.3 cm³/mol. The van der Waals surface area contributed by atoms with Gasteiger partial charge in [-0.3, -0.25) is 0 Å². The Kier molecular flexibility index (Phi) is 1.51. The van der Waals surface area contributed by atoms with Crippen molar-refractivity contribution in [1.29, 1.82) is 0 Å². The molecule has 1 aliphatic rings. The van der Waals surface area contributed by atoms with Crippen molar-refractivity contribution in [2.75, 3.05) is 0 Å². The van der Waals surface area contributed by atoms with Gasteiger partial charge < -0.3 is 4.98 Å². The number of H-pyrrole nitrogens is 1. The van der Waals surface area contributed by atoms with Gasteiger partial charge in [-0.05, 0) is 59.9 Å². The Labute approximate surface area is 74.4 Å². The average molecular weight is 247 g/mol. The summed E-state index contributed by atoms with van der Waals surface area (Å²) in [4.78, 5) is 3.41. The number of hydrogen-bond donors (Lipinski definition) is 1. The van der Waals surface area contributed by atoms with Crippen LogP contribution in [0.5, 0.6) is 0 Å². The monoisotopic (exact) mass is 247 g/mol. The van der Waals surface area contributed by atoms with Crippen molar-refractivity contribution < 1.29 is 0 Å². The molecule has 0 atom stereocenters. The number of aryl methyl sites for hydroxylation is 1. The van der Waals surface area contributed by atoms with Crippen LogP contribution in [-0.4, -0.2) is 4.98 Å². The zero-order valence-electron chi connectivity index (χ0n) is 6.00. The van der Waals surface area contributed by atoms with Crippen molar-refractivity contribution in [3.63, 3.8) is 0 Å². The number of aromatic amines is 1. The van der Waals surface area contributed by atoms with Gasteiger partial charge in [-0.15, -0.1) is 0 Å². The van der Waals surface area contributed by atoms with E-state index in [0.717, 1.165) is 0 Å². The summed E-state index contributed by atoms with van der Waals surface area (Å²) in [6.07, 6.45) is 3.90. The van der Waals surface area contributed by atoms with Gasteiger partial charge in [0, 0.05) is 5.69 Å². The number of nitrogens with one attached hydrogen (secondary N) is 1. The van der Waals surface area contributed by atoms with Crippen molar-refractivity contribution in [2.45, 2.75) is 26.2 Å². The third kappa shape index (κ3) is 0.813. The highest BCUT2D eigenvalue weighted by molar-refractivity contribution is 14.1. The number of rotatable bonds is 0. The minimum absolute atomic E-state index is 1.26. The normalized spacial score (nSPS) is 15.8. The first-order valence-corrected chi connectivity index (χ1v) is 4.72. The smallest absolute Gasteiger partial charge is 0.0806 e. The Morgan fingerprint density at radius 3 is 2.90 bits per heavy atom.